The zero-order valence-corrected chi connectivity index (χ0v) is 14.8. The molecule has 0 aliphatic rings. The summed E-state index contributed by atoms with van der Waals surface area (Å²) in [7, 11) is 1.61. The summed E-state index contributed by atoms with van der Waals surface area (Å²) in [5.41, 5.74) is 0.642. The molecule has 0 N–H and O–H groups in total. The van der Waals surface area contributed by atoms with Crippen LogP contribution >= 0.6 is 23.1 Å². The minimum absolute atomic E-state index is 0.0235. The fourth-order valence-corrected chi connectivity index (χ4v) is 4.04. The number of ether oxygens (including phenoxy) is 1. The van der Waals surface area contributed by atoms with Gasteiger partial charge in [-0.3, -0.25) is 4.79 Å². The summed E-state index contributed by atoms with van der Waals surface area (Å²) in [6.07, 6.45) is 0.793. The molecule has 0 fully saturated rings. The number of aromatic nitrogens is 2. The number of Topliss-reactive ketones (excluding diaryl/α,β-unsaturated/α-hetero) is 1. The highest BCUT2D eigenvalue weighted by atomic mass is 32.2. The van der Waals surface area contributed by atoms with Crippen molar-refractivity contribution in [3.8, 4) is 5.75 Å². The maximum absolute atomic E-state index is 11.5. The van der Waals surface area contributed by atoms with E-state index in [1.54, 1.807) is 43.2 Å². The second kappa shape index (κ2) is 6.68. The molecule has 0 bridgehead atoms. The highest BCUT2D eigenvalue weighted by Crippen LogP contribution is 2.38. The van der Waals surface area contributed by atoms with Crippen molar-refractivity contribution in [1.82, 2.24) is 9.97 Å². The van der Waals surface area contributed by atoms with Crippen LogP contribution in [-0.2, 0) is 6.42 Å². The number of nitrogens with zero attached hydrogens (tertiary/aromatic N) is 2. The summed E-state index contributed by atoms with van der Waals surface area (Å²) in [6.45, 7) is 3.60. The third kappa shape index (κ3) is 3.23. The van der Waals surface area contributed by atoms with Gasteiger partial charge in [0.1, 0.15) is 21.4 Å². The van der Waals surface area contributed by atoms with Gasteiger partial charge in [-0.25, -0.2) is 9.97 Å². The van der Waals surface area contributed by atoms with Crippen LogP contribution in [0.15, 0.2) is 39.6 Å². The summed E-state index contributed by atoms with van der Waals surface area (Å²) in [6, 6.07) is 7.54. The lowest BCUT2D eigenvalue weighted by molar-refractivity contribution is 0.101. The zero-order valence-electron chi connectivity index (χ0n) is 13.1. The van der Waals surface area contributed by atoms with E-state index in [0.29, 0.717) is 11.3 Å². The molecule has 0 saturated carbocycles. The molecule has 0 radical (unpaired) electrons. The molecular weight excluding hydrogens is 328 g/mol. The predicted octanol–water partition coefficient (Wildman–Crippen LogP) is 4.62. The van der Waals surface area contributed by atoms with Gasteiger partial charge in [0.05, 0.1) is 12.0 Å². The second-order valence-electron chi connectivity index (χ2n) is 4.96. The van der Waals surface area contributed by atoms with Gasteiger partial charge in [-0.05, 0) is 30.5 Å². The quantitative estimate of drug-likeness (QED) is 0.499. The van der Waals surface area contributed by atoms with Crippen LogP contribution in [0, 0.1) is 0 Å². The van der Waals surface area contributed by atoms with Crippen molar-refractivity contribution in [2.75, 3.05) is 7.11 Å². The normalized spacial score (nSPS) is 10.9. The van der Waals surface area contributed by atoms with Crippen LogP contribution in [0.2, 0.25) is 0 Å². The van der Waals surface area contributed by atoms with E-state index >= 15 is 0 Å². The lowest BCUT2D eigenvalue weighted by Gasteiger charge is -2.10. The molecule has 2 heterocycles. The third-order valence-corrected chi connectivity index (χ3v) is 5.30. The summed E-state index contributed by atoms with van der Waals surface area (Å²) < 4.78 is 5.44. The average molecular weight is 344 g/mol. The van der Waals surface area contributed by atoms with E-state index in [2.05, 4.69) is 9.97 Å². The minimum Gasteiger partial charge on any atom is -0.496 e. The standard InChI is InChI=1S/C17H16N2O2S2/c1-4-15-18-16-12(7-8-22-16)17(19-15)23-14-6-5-11(10(2)20)9-13(14)21-3/h5-9H,4H2,1-3H3. The van der Waals surface area contributed by atoms with Gasteiger partial charge in [0, 0.05) is 17.4 Å². The van der Waals surface area contributed by atoms with Crippen LogP contribution in [-0.4, -0.2) is 22.9 Å². The van der Waals surface area contributed by atoms with Crippen LogP contribution < -0.4 is 4.74 Å². The number of thiophene rings is 1. The van der Waals surface area contributed by atoms with Crippen LogP contribution in [0.3, 0.4) is 0 Å². The van der Waals surface area contributed by atoms with E-state index in [1.807, 2.05) is 30.5 Å². The number of hydrogen-bond acceptors (Lipinski definition) is 6. The Hall–Kier alpha value is -1.92. The molecule has 3 rings (SSSR count). The van der Waals surface area contributed by atoms with Crippen molar-refractivity contribution < 1.29 is 9.53 Å². The molecule has 6 heteroatoms. The lowest BCUT2D eigenvalue weighted by Crippen LogP contribution is -1.96. The van der Waals surface area contributed by atoms with Gasteiger partial charge in [0.25, 0.3) is 0 Å². The summed E-state index contributed by atoms with van der Waals surface area (Å²) in [5.74, 6) is 1.54. The first-order valence-corrected chi connectivity index (χ1v) is 8.93. The molecular formula is C17H16N2O2S2. The Morgan fingerprint density at radius 2 is 2.13 bits per heavy atom. The number of carbonyl (C=O) groups is 1. The van der Waals surface area contributed by atoms with Crippen LogP contribution in [0.4, 0.5) is 0 Å². The van der Waals surface area contributed by atoms with Gasteiger partial charge in [0.15, 0.2) is 5.78 Å². The molecule has 118 valence electrons. The van der Waals surface area contributed by atoms with E-state index in [0.717, 1.165) is 32.4 Å². The van der Waals surface area contributed by atoms with E-state index < -0.39 is 0 Å². The first-order chi connectivity index (χ1) is 11.1. The second-order valence-corrected chi connectivity index (χ2v) is 6.89. The number of rotatable bonds is 5. The molecule has 0 saturated heterocycles. The Morgan fingerprint density at radius 3 is 2.83 bits per heavy atom. The third-order valence-electron chi connectivity index (χ3n) is 3.43. The number of methoxy groups -OCH3 is 1. The first kappa shape index (κ1) is 16.0. The molecule has 0 aliphatic carbocycles. The molecule has 1 aromatic carbocycles. The Bertz CT molecular complexity index is 874. The zero-order chi connectivity index (χ0) is 16.4. The fourth-order valence-electron chi connectivity index (χ4n) is 2.18. The number of benzene rings is 1. The maximum atomic E-state index is 11.5. The molecule has 23 heavy (non-hydrogen) atoms. The van der Waals surface area contributed by atoms with Gasteiger partial charge in [-0.2, -0.15) is 0 Å². The summed E-state index contributed by atoms with van der Waals surface area (Å²) >= 11 is 3.16. The van der Waals surface area contributed by atoms with Crippen molar-refractivity contribution in [2.45, 2.75) is 30.2 Å². The van der Waals surface area contributed by atoms with Crippen molar-refractivity contribution in [2.24, 2.45) is 0 Å². The highest BCUT2D eigenvalue weighted by Gasteiger charge is 2.13. The van der Waals surface area contributed by atoms with Crippen molar-refractivity contribution >= 4 is 39.1 Å². The smallest absolute Gasteiger partial charge is 0.159 e. The van der Waals surface area contributed by atoms with E-state index in [1.165, 1.54) is 0 Å². The van der Waals surface area contributed by atoms with E-state index in [9.17, 15) is 4.79 Å². The fraction of sp³-hybridized carbons (Fsp3) is 0.235. The van der Waals surface area contributed by atoms with Gasteiger partial charge >= 0.3 is 0 Å². The largest absolute Gasteiger partial charge is 0.496 e. The number of ketones is 1. The monoisotopic (exact) mass is 344 g/mol. The van der Waals surface area contributed by atoms with Crippen LogP contribution in [0.25, 0.3) is 10.2 Å². The minimum atomic E-state index is 0.0235. The number of carbonyl (C=O) groups excluding carboxylic acids is 1. The van der Waals surface area contributed by atoms with E-state index in [-0.39, 0.29) is 5.78 Å². The van der Waals surface area contributed by atoms with Crippen molar-refractivity contribution in [3.05, 3.63) is 41.0 Å². The van der Waals surface area contributed by atoms with Gasteiger partial charge in [-0.1, -0.05) is 24.8 Å². The van der Waals surface area contributed by atoms with E-state index in [4.69, 9.17) is 4.74 Å². The Morgan fingerprint density at radius 1 is 1.30 bits per heavy atom. The van der Waals surface area contributed by atoms with Gasteiger partial charge in [0.2, 0.25) is 0 Å². The average Bonchev–Trinajstić information content (AvgIpc) is 3.03. The number of hydrogen-bond donors (Lipinski definition) is 0. The summed E-state index contributed by atoms with van der Waals surface area (Å²) in [5, 5.41) is 4.00. The highest BCUT2D eigenvalue weighted by molar-refractivity contribution is 7.99. The SMILES string of the molecule is CCc1nc(Sc2ccc(C(C)=O)cc2OC)c2ccsc2n1. The van der Waals surface area contributed by atoms with Crippen molar-refractivity contribution in [1.29, 1.82) is 0 Å². The molecule has 3 aromatic rings. The van der Waals surface area contributed by atoms with Crippen LogP contribution in [0.1, 0.15) is 30.0 Å². The molecule has 0 amide bonds. The van der Waals surface area contributed by atoms with Gasteiger partial charge < -0.3 is 4.74 Å². The Labute approximate surface area is 142 Å². The number of aryl methyl sites for hydroxylation is 1. The maximum Gasteiger partial charge on any atom is 0.159 e. The predicted molar refractivity (Wildman–Crippen MR) is 93.9 cm³/mol. The lowest BCUT2D eigenvalue weighted by atomic mass is 10.1. The molecule has 2 aromatic heterocycles. The van der Waals surface area contributed by atoms with Crippen LogP contribution in [0.5, 0.6) is 5.75 Å². The molecule has 4 nitrogen and oxygen atoms in total. The Balaban J connectivity index is 2.05. The van der Waals surface area contributed by atoms with Gasteiger partial charge in [-0.15, -0.1) is 11.3 Å². The van der Waals surface area contributed by atoms with Crippen molar-refractivity contribution in [3.63, 3.8) is 0 Å². The first-order valence-electron chi connectivity index (χ1n) is 7.23. The number of fused-ring (bicyclic) bond motifs is 1. The Kier molecular flexibility index (Phi) is 4.63. The summed E-state index contributed by atoms with van der Waals surface area (Å²) in [4.78, 5) is 22.7. The molecule has 0 aliphatic heterocycles. The molecule has 0 unspecified atom stereocenters. The molecule has 0 spiro atoms. The topological polar surface area (TPSA) is 52.1 Å². The molecule has 0 atom stereocenters.